The quantitative estimate of drug-likeness (QED) is 0.746. The SMILES string of the molecule is OC(CCS)C(O)c1ccc(F)c(Br)c1. The van der Waals surface area contributed by atoms with Crippen molar-refractivity contribution in [2.24, 2.45) is 0 Å². The maximum Gasteiger partial charge on any atom is 0.137 e. The molecule has 0 bridgehead atoms. The van der Waals surface area contributed by atoms with E-state index in [-0.39, 0.29) is 4.47 Å². The number of aliphatic hydroxyl groups excluding tert-OH is 2. The van der Waals surface area contributed by atoms with E-state index in [2.05, 4.69) is 28.6 Å². The normalized spacial score (nSPS) is 15.0. The van der Waals surface area contributed by atoms with Crippen LogP contribution in [0.2, 0.25) is 0 Å². The Morgan fingerprint density at radius 1 is 1.40 bits per heavy atom. The van der Waals surface area contributed by atoms with Gasteiger partial charge in [-0.2, -0.15) is 12.6 Å². The van der Waals surface area contributed by atoms with Crippen molar-refractivity contribution in [1.29, 1.82) is 0 Å². The van der Waals surface area contributed by atoms with E-state index < -0.39 is 18.0 Å². The summed E-state index contributed by atoms with van der Waals surface area (Å²) < 4.78 is 13.2. The molecule has 0 amide bonds. The Morgan fingerprint density at radius 2 is 2.07 bits per heavy atom. The summed E-state index contributed by atoms with van der Waals surface area (Å²) in [5, 5.41) is 19.2. The summed E-state index contributed by atoms with van der Waals surface area (Å²) in [5.41, 5.74) is 0.484. The molecule has 0 saturated carbocycles. The van der Waals surface area contributed by atoms with Crippen molar-refractivity contribution in [2.45, 2.75) is 18.6 Å². The zero-order valence-corrected chi connectivity index (χ0v) is 10.4. The lowest BCUT2D eigenvalue weighted by molar-refractivity contribution is 0.0172. The van der Waals surface area contributed by atoms with Crippen LogP contribution in [0, 0.1) is 5.82 Å². The standard InChI is InChI=1S/C10H12BrFO2S/c11-7-5-6(1-2-8(7)12)10(14)9(13)3-4-15/h1-2,5,9-10,13-15H,3-4H2. The molecule has 0 aromatic heterocycles. The summed E-state index contributed by atoms with van der Waals surface area (Å²) in [6, 6.07) is 4.16. The lowest BCUT2D eigenvalue weighted by atomic mass is 10.0. The predicted molar refractivity (Wildman–Crippen MR) is 63.5 cm³/mol. The van der Waals surface area contributed by atoms with E-state index in [1.807, 2.05) is 0 Å². The molecule has 0 aliphatic carbocycles. The second-order valence-electron chi connectivity index (χ2n) is 3.20. The van der Waals surface area contributed by atoms with E-state index in [0.29, 0.717) is 17.7 Å². The Bertz CT molecular complexity index is 335. The molecule has 2 atom stereocenters. The highest BCUT2D eigenvalue weighted by Gasteiger charge is 2.18. The molecule has 2 N–H and O–H groups in total. The van der Waals surface area contributed by atoms with Crippen molar-refractivity contribution in [3.63, 3.8) is 0 Å². The van der Waals surface area contributed by atoms with Gasteiger partial charge in [-0.25, -0.2) is 4.39 Å². The van der Waals surface area contributed by atoms with E-state index in [4.69, 9.17) is 0 Å². The minimum atomic E-state index is -1.01. The van der Waals surface area contributed by atoms with Gasteiger partial charge in [-0.15, -0.1) is 0 Å². The summed E-state index contributed by atoms with van der Waals surface area (Å²) >= 11 is 6.98. The van der Waals surface area contributed by atoms with Gasteiger partial charge in [-0.3, -0.25) is 0 Å². The van der Waals surface area contributed by atoms with Crippen molar-refractivity contribution >= 4 is 28.6 Å². The van der Waals surface area contributed by atoms with Crippen molar-refractivity contribution < 1.29 is 14.6 Å². The van der Waals surface area contributed by atoms with Crippen LogP contribution in [-0.2, 0) is 0 Å². The van der Waals surface area contributed by atoms with Crippen molar-refractivity contribution in [3.8, 4) is 0 Å². The molecule has 5 heteroatoms. The highest BCUT2D eigenvalue weighted by Crippen LogP contribution is 2.24. The first-order valence-corrected chi connectivity index (χ1v) is 5.90. The van der Waals surface area contributed by atoms with Crippen LogP contribution < -0.4 is 0 Å². The number of rotatable bonds is 4. The summed E-state index contributed by atoms with van der Waals surface area (Å²) in [6.45, 7) is 0. The van der Waals surface area contributed by atoms with Crippen molar-refractivity contribution in [2.75, 3.05) is 5.75 Å². The van der Waals surface area contributed by atoms with Gasteiger partial charge in [-0.05, 0) is 45.8 Å². The summed E-state index contributed by atoms with van der Waals surface area (Å²) in [5.74, 6) is 0.0928. The van der Waals surface area contributed by atoms with Gasteiger partial charge in [0.25, 0.3) is 0 Å². The third kappa shape index (κ3) is 3.45. The second kappa shape index (κ2) is 5.84. The van der Waals surface area contributed by atoms with E-state index >= 15 is 0 Å². The number of thiol groups is 1. The fraction of sp³-hybridized carbons (Fsp3) is 0.400. The first kappa shape index (κ1) is 13.0. The Labute approximate surface area is 102 Å². The number of hydrogen-bond donors (Lipinski definition) is 3. The van der Waals surface area contributed by atoms with E-state index in [9.17, 15) is 14.6 Å². The summed E-state index contributed by atoms with van der Waals surface area (Å²) in [6.07, 6.45) is -1.49. The number of aliphatic hydroxyl groups is 2. The van der Waals surface area contributed by atoms with Crippen LogP contribution in [-0.4, -0.2) is 22.1 Å². The van der Waals surface area contributed by atoms with Crippen LogP contribution in [0.3, 0.4) is 0 Å². The third-order valence-corrected chi connectivity index (χ3v) is 2.94. The van der Waals surface area contributed by atoms with Crippen LogP contribution in [0.1, 0.15) is 18.1 Å². The minimum absolute atomic E-state index is 0.275. The highest BCUT2D eigenvalue weighted by molar-refractivity contribution is 9.10. The molecule has 1 rings (SSSR count). The smallest absolute Gasteiger partial charge is 0.137 e. The molecule has 2 unspecified atom stereocenters. The molecular formula is C10H12BrFO2S. The minimum Gasteiger partial charge on any atom is -0.390 e. The van der Waals surface area contributed by atoms with Gasteiger partial charge in [0, 0.05) is 0 Å². The molecule has 0 aliphatic heterocycles. The molecule has 0 heterocycles. The van der Waals surface area contributed by atoms with Crippen LogP contribution in [0.4, 0.5) is 4.39 Å². The Balaban J connectivity index is 2.81. The van der Waals surface area contributed by atoms with Crippen LogP contribution >= 0.6 is 28.6 Å². The molecular weight excluding hydrogens is 283 g/mol. The molecule has 1 aromatic carbocycles. The molecule has 15 heavy (non-hydrogen) atoms. The second-order valence-corrected chi connectivity index (χ2v) is 4.50. The average Bonchev–Trinajstić information content (AvgIpc) is 2.21. The lowest BCUT2D eigenvalue weighted by Crippen LogP contribution is -2.18. The first-order valence-electron chi connectivity index (χ1n) is 4.48. The summed E-state index contributed by atoms with van der Waals surface area (Å²) in [7, 11) is 0. The van der Waals surface area contributed by atoms with Crippen molar-refractivity contribution in [1.82, 2.24) is 0 Å². The Hall–Kier alpha value is -0.100. The van der Waals surface area contributed by atoms with Crippen LogP contribution in [0.5, 0.6) is 0 Å². The predicted octanol–water partition coefficient (Wildman–Crippen LogP) is 2.30. The zero-order valence-electron chi connectivity index (χ0n) is 7.90. The topological polar surface area (TPSA) is 40.5 Å². The Morgan fingerprint density at radius 3 is 2.60 bits per heavy atom. The van der Waals surface area contributed by atoms with Gasteiger partial charge >= 0.3 is 0 Å². The van der Waals surface area contributed by atoms with Gasteiger partial charge in [-0.1, -0.05) is 6.07 Å². The summed E-state index contributed by atoms with van der Waals surface area (Å²) in [4.78, 5) is 0. The Kier molecular flexibility index (Phi) is 5.05. The van der Waals surface area contributed by atoms with E-state index in [0.717, 1.165) is 0 Å². The zero-order chi connectivity index (χ0) is 11.4. The molecule has 0 radical (unpaired) electrons. The largest absolute Gasteiger partial charge is 0.390 e. The monoisotopic (exact) mass is 294 g/mol. The van der Waals surface area contributed by atoms with Gasteiger partial charge in [0.05, 0.1) is 10.6 Å². The fourth-order valence-electron chi connectivity index (χ4n) is 1.21. The molecule has 0 saturated heterocycles. The number of benzene rings is 1. The van der Waals surface area contributed by atoms with E-state index in [1.165, 1.54) is 18.2 Å². The number of halogens is 2. The van der Waals surface area contributed by atoms with Gasteiger partial charge in [0.15, 0.2) is 0 Å². The average molecular weight is 295 g/mol. The maximum atomic E-state index is 12.9. The third-order valence-electron chi connectivity index (χ3n) is 2.07. The van der Waals surface area contributed by atoms with Crippen molar-refractivity contribution in [3.05, 3.63) is 34.1 Å². The van der Waals surface area contributed by atoms with Gasteiger partial charge in [0.2, 0.25) is 0 Å². The number of hydrogen-bond acceptors (Lipinski definition) is 3. The molecule has 2 nitrogen and oxygen atoms in total. The molecule has 0 aliphatic rings. The first-order chi connectivity index (χ1) is 7.06. The fourth-order valence-corrected chi connectivity index (χ4v) is 1.87. The highest BCUT2D eigenvalue weighted by atomic mass is 79.9. The molecule has 0 spiro atoms. The maximum absolute atomic E-state index is 12.9. The van der Waals surface area contributed by atoms with Gasteiger partial charge < -0.3 is 10.2 Å². The van der Waals surface area contributed by atoms with Crippen LogP contribution in [0.15, 0.2) is 22.7 Å². The van der Waals surface area contributed by atoms with Crippen LogP contribution in [0.25, 0.3) is 0 Å². The van der Waals surface area contributed by atoms with Gasteiger partial charge in [0.1, 0.15) is 11.9 Å². The lowest BCUT2D eigenvalue weighted by Gasteiger charge is -2.17. The molecule has 1 aromatic rings. The van der Waals surface area contributed by atoms with E-state index in [1.54, 1.807) is 0 Å². The molecule has 0 fully saturated rings. The molecule has 84 valence electrons.